The standard InChI is InChI=1S/C20H21NO2S/c1-14-6-5-7-16(10-14)12-24-13-20(22)21-15(2)19-11-17-8-3-4-9-18(17)23-19/h3-11,15H,12-13H2,1-2H3,(H,21,22)/t15-/m0/s1. The van der Waals surface area contributed by atoms with E-state index in [1.54, 1.807) is 11.8 Å². The summed E-state index contributed by atoms with van der Waals surface area (Å²) >= 11 is 1.62. The average molecular weight is 339 g/mol. The molecule has 0 aliphatic rings. The molecule has 0 aliphatic carbocycles. The van der Waals surface area contributed by atoms with Gasteiger partial charge in [0.25, 0.3) is 0 Å². The molecule has 0 unspecified atom stereocenters. The Bertz CT molecular complexity index is 807. The summed E-state index contributed by atoms with van der Waals surface area (Å²) in [5, 5.41) is 4.06. The van der Waals surface area contributed by atoms with Crippen molar-refractivity contribution in [2.75, 3.05) is 5.75 Å². The van der Waals surface area contributed by atoms with Crippen LogP contribution in [-0.4, -0.2) is 11.7 Å². The molecular formula is C20H21NO2S. The summed E-state index contributed by atoms with van der Waals surface area (Å²) in [5.41, 5.74) is 3.34. The second-order valence-corrected chi connectivity index (χ2v) is 6.94. The van der Waals surface area contributed by atoms with Crippen molar-refractivity contribution in [3.8, 4) is 0 Å². The molecule has 1 amide bonds. The van der Waals surface area contributed by atoms with E-state index in [-0.39, 0.29) is 11.9 Å². The first-order chi connectivity index (χ1) is 11.6. The number of para-hydroxylation sites is 1. The number of furan rings is 1. The van der Waals surface area contributed by atoms with Crippen molar-refractivity contribution < 1.29 is 9.21 Å². The predicted molar refractivity (Wildman–Crippen MR) is 100 cm³/mol. The van der Waals surface area contributed by atoms with Gasteiger partial charge in [-0.05, 0) is 31.5 Å². The van der Waals surface area contributed by atoms with E-state index in [1.807, 2.05) is 37.3 Å². The number of amides is 1. The Morgan fingerprint density at radius 1 is 1.17 bits per heavy atom. The van der Waals surface area contributed by atoms with Gasteiger partial charge >= 0.3 is 0 Å². The van der Waals surface area contributed by atoms with E-state index in [0.717, 1.165) is 22.5 Å². The molecule has 24 heavy (non-hydrogen) atoms. The predicted octanol–water partition coefficient (Wildman–Crippen LogP) is 4.85. The molecule has 0 aliphatic heterocycles. The van der Waals surface area contributed by atoms with Crippen LogP contribution < -0.4 is 5.32 Å². The molecule has 0 saturated heterocycles. The van der Waals surface area contributed by atoms with Crippen LogP contribution in [0.4, 0.5) is 0 Å². The average Bonchev–Trinajstić information content (AvgIpc) is 2.99. The van der Waals surface area contributed by atoms with Crippen molar-refractivity contribution >= 4 is 28.6 Å². The number of carbonyl (C=O) groups excluding carboxylic acids is 1. The minimum absolute atomic E-state index is 0.0283. The third-order valence-corrected chi connectivity index (χ3v) is 4.84. The van der Waals surface area contributed by atoms with Crippen LogP contribution in [0.25, 0.3) is 11.0 Å². The molecular weight excluding hydrogens is 318 g/mol. The lowest BCUT2D eigenvalue weighted by Crippen LogP contribution is -2.27. The molecule has 0 fully saturated rings. The molecule has 4 heteroatoms. The fourth-order valence-electron chi connectivity index (χ4n) is 2.63. The Morgan fingerprint density at radius 2 is 2.00 bits per heavy atom. The number of hydrogen-bond acceptors (Lipinski definition) is 3. The molecule has 1 heterocycles. The van der Waals surface area contributed by atoms with Gasteiger partial charge in [-0.15, -0.1) is 11.8 Å². The highest BCUT2D eigenvalue weighted by molar-refractivity contribution is 7.99. The lowest BCUT2D eigenvalue weighted by Gasteiger charge is -2.11. The van der Waals surface area contributed by atoms with Crippen LogP contribution in [0.5, 0.6) is 0 Å². The minimum Gasteiger partial charge on any atom is -0.459 e. The molecule has 0 spiro atoms. The summed E-state index contributed by atoms with van der Waals surface area (Å²) in [4.78, 5) is 12.1. The number of benzene rings is 2. The van der Waals surface area contributed by atoms with Crippen LogP contribution in [0.1, 0.15) is 29.9 Å². The van der Waals surface area contributed by atoms with Crippen LogP contribution in [0.15, 0.2) is 59.0 Å². The fraction of sp³-hybridized carbons (Fsp3) is 0.250. The number of thioether (sulfide) groups is 1. The molecule has 1 atom stereocenters. The van der Waals surface area contributed by atoms with Crippen LogP contribution in [0, 0.1) is 6.92 Å². The van der Waals surface area contributed by atoms with Crippen molar-refractivity contribution in [2.45, 2.75) is 25.6 Å². The normalized spacial score (nSPS) is 12.2. The van der Waals surface area contributed by atoms with Crippen molar-refractivity contribution in [1.82, 2.24) is 5.32 Å². The van der Waals surface area contributed by atoms with E-state index >= 15 is 0 Å². The monoisotopic (exact) mass is 339 g/mol. The molecule has 3 rings (SSSR count). The highest BCUT2D eigenvalue weighted by Gasteiger charge is 2.14. The number of nitrogens with one attached hydrogen (secondary N) is 1. The van der Waals surface area contributed by atoms with Crippen LogP contribution >= 0.6 is 11.8 Å². The maximum atomic E-state index is 12.1. The summed E-state index contributed by atoms with van der Waals surface area (Å²) in [6.07, 6.45) is 0. The summed E-state index contributed by atoms with van der Waals surface area (Å²) in [6.45, 7) is 4.02. The number of rotatable bonds is 6. The summed E-state index contributed by atoms with van der Waals surface area (Å²) < 4.78 is 5.80. The van der Waals surface area contributed by atoms with E-state index in [4.69, 9.17) is 4.42 Å². The molecule has 3 nitrogen and oxygen atoms in total. The van der Waals surface area contributed by atoms with Crippen LogP contribution in [-0.2, 0) is 10.5 Å². The third-order valence-electron chi connectivity index (χ3n) is 3.83. The molecule has 124 valence electrons. The van der Waals surface area contributed by atoms with E-state index in [9.17, 15) is 4.79 Å². The van der Waals surface area contributed by atoms with Gasteiger partial charge in [0.05, 0.1) is 11.8 Å². The van der Waals surface area contributed by atoms with Gasteiger partial charge in [0, 0.05) is 11.1 Å². The lowest BCUT2D eigenvalue weighted by atomic mass is 10.2. The lowest BCUT2D eigenvalue weighted by molar-refractivity contribution is -0.119. The molecule has 3 aromatic rings. The first-order valence-corrected chi connectivity index (χ1v) is 9.18. The Morgan fingerprint density at radius 3 is 2.79 bits per heavy atom. The molecule has 1 aromatic heterocycles. The molecule has 0 bridgehead atoms. The zero-order valence-electron chi connectivity index (χ0n) is 13.9. The van der Waals surface area contributed by atoms with Crippen LogP contribution in [0.2, 0.25) is 0 Å². The number of hydrogen-bond donors (Lipinski definition) is 1. The second kappa shape index (κ2) is 7.58. The second-order valence-electron chi connectivity index (χ2n) is 5.96. The topological polar surface area (TPSA) is 42.2 Å². The van der Waals surface area contributed by atoms with Crippen molar-refractivity contribution in [2.24, 2.45) is 0 Å². The summed E-state index contributed by atoms with van der Waals surface area (Å²) in [6, 6.07) is 18.1. The first-order valence-electron chi connectivity index (χ1n) is 8.03. The zero-order chi connectivity index (χ0) is 16.9. The van der Waals surface area contributed by atoms with Gasteiger partial charge < -0.3 is 9.73 Å². The quantitative estimate of drug-likeness (QED) is 0.698. The molecule has 2 aromatic carbocycles. The summed E-state index contributed by atoms with van der Waals surface area (Å²) in [5.74, 6) is 2.10. The number of carbonyl (C=O) groups is 1. The Kier molecular flexibility index (Phi) is 5.26. The van der Waals surface area contributed by atoms with E-state index in [2.05, 4.69) is 36.5 Å². The van der Waals surface area contributed by atoms with Gasteiger partial charge in [-0.3, -0.25) is 4.79 Å². The smallest absolute Gasteiger partial charge is 0.230 e. The number of aryl methyl sites for hydroxylation is 1. The van der Waals surface area contributed by atoms with Gasteiger partial charge in [0.1, 0.15) is 11.3 Å². The minimum atomic E-state index is -0.135. The van der Waals surface area contributed by atoms with Gasteiger partial charge in [0.2, 0.25) is 5.91 Å². The van der Waals surface area contributed by atoms with Crippen molar-refractivity contribution in [3.63, 3.8) is 0 Å². The Balaban J connectivity index is 1.50. The fourth-order valence-corrected chi connectivity index (χ4v) is 3.42. The maximum Gasteiger partial charge on any atom is 0.230 e. The first kappa shape index (κ1) is 16.7. The summed E-state index contributed by atoms with van der Waals surface area (Å²) in [7, 11) is 0. The van der Waals surface area contributed by atoms with Crippen LogP contribution in [0.3, 0.4) is 0 Å². The highest BCUT2D eigenvalue weighted by atomic mass is 32.2. The third kappa shape index (κ3) is 4.20. The SMILES string of the molecule is Cc1cccc(CSCC(=O)N[C@@H](C)c2cc3ccccc3o2)c1. The van der Waals surface area contributed by atoms with Gasteiger partial charge in [-0.25, -0.2) is 0 Å². The van der Waals surface area contributed by atoms with Gasteiger partial charge in [0.15, 0.2) is 0 Å². The van der Waals surface area contributed by atoms with E-state index in [1.165, 1.54) is 11.1 Å². The van der Waals surface area contributed by atoms with E-state index < -0.39 is 0 Å². The van der Waals surface area contributed by atoms with Crippen molar-refractivity contribution in [3.05, 3.63) is 71.5 Å². The van der Waals surface area contributed by atoms with E-state index in [0.29, 0.717) is 5.75 Å². The van der Waals surface area contributed by atoms with Gasteiger partial charge in [-0.1, -0.05) is 48.0 Å². The largest absolute Gasteiger partial charge is 0.459 e. The number of fused-ring (bicyclic) bond motifs is 1. The Labute approximate surface area is 146 Å². The highest BCUT2D eigenvalue weighted by Crippen LogP contribution is 2.23. The Hall–Kier alpha value is -2.20. The molecule has 0 radical (unpaired) electrons. The molecule has 1 N–H and O–H groups in total. The maximum absolute atomic E-state index is 12.1. The zero-order valence-corrected chi connectivity index (χ0v) is 14.7. The van der Waals surface area contributed by atoms with Gasteiger partial charge in [-0.2, -0.15) is 0 Å². The van der Waals surface area contributed by atoms with Crippen molar-refractivity contribution in [1.29, 1.82) is 0 Å². The molecule has 0 saturated carbocycles.